The van der Waals surface area contributed by atoms with Crippen molar-refractivity contribution in [3.05, 3.63) is 0 Å². The number of carboxylic acid groups (broad SMARTS) is 3. The normalized spacial score (nSPS) is 17.9. The van der Waals surface area contributed by atoms with E-state index in [1.54, 1.807) is 28.5 Å². The van der Waals surface area contributed by atoms with Crippen LogP contribution in [-0.2, 0) is 24.0 Å². The Bertz CT molecular complexity index is 701. The molecule has 13 nitrogen and oxygen atoms in total. The molecule has 35 heavy (non-hydrogen) atoms. The molecule has 0 unspecified atom stereocenters. The lowest BCUT2D eigenvalue weighted by molar-refractivity contribution is -0.140. The second-order valence-electron chi connectivity index (χ2n) is 9.01. The Morgan fingerprint density at radius 2 is 0.943 bits per heavy atom. The van der Waals surface area contributed by atoms with E-state index >= 15 is 0 Å². The van der Waals surface area contributed by atoms with Gasteiger partial charge in [-0.15, -0.1) is 0 Å². The molecule has 1 aliphatic heterocycles. The number of ketones is 1. The molecule has 200 valence electrons. The maximum Gasteiger partial charge on any atom is 0.317 e. The van der Waals surface area contributed by atoms with Crippen LogP contribution in [0.1, 0.15) is 20.3 Å². The molecule has 1 heterocycles. The predicted molar refractivity (Wildman–Crippen MR) is 126 cm³/mol. The van der Waals surface area contributed by atoms with Crippen molar-refractivity contribution in [1.82, 2.24) is 24.9 Å². The van der Waals surface area contributed by atoms with E-state index in [1.165, 1.54) is 0 Å². The summed E-state index contributed by atoms with van der Waals surface area (Å²) >= 11 is 0. The highest BCUT2D eigenvalue weighted by molar-refractivity contribution is 5.82. The van der Waals surface area contributed by atoms with Crippen molar-refractivity contribution in [1.29, 1.82) is 0 Å². The highest BCUT2D eigenvalue weighted by Gasteiger charge is 2.21. The number of nitrogens with zero attached hydrogens (tertiary/aromatic N) is 4. The van der Waals surface area contributed by atoms with Gasteiger partial charge in [0.15, 0.2) is 0 Å². The van der Waals surface area contributed by atoms with Gasteiger partial charge in [0.1, 0.15) is 5.78 Å². The molecular weight excluding hydrogens is 462 g/mol. The molecule has 0 aromatic rings. The lowest BCUT2D eigenvalue weighted by atomic mass is 10.1. The van der Waals surface area contributed by atoms with E-state index < -0.39 is 17.9 Å². The molecule has 1 amide bonds. The van der Waals surface area contributed by atoms with Crippen molar-refractivity contribution >= 4 is 29.6 Å². The van der Waals surface area contributed by atoms with Crippen LogP contribution >= 0.6 is 0 Å². The molecule has 1 fully saturated rings. The van der Waals surface area contributed by atoms with Crippen molar-refractivity contribution in [2.75, 3.05) is 85.1 Å². The highest BCUT2D eigenvalue weighted by Crippen LogP contribution is 2.02. The van der Waals surface area contributed by atoms with Crippen LogP contribution in [-0.4, -0.2) is 150 Å². The third-order valence-electron chi connectivity index (χ3n) is 5.71. The van der Waals surface area contributed by atoms with E-state index in [2.05, 4.69) is 5.32 Å². The molecule has 1 rings (SSSR count). The smallest absolute Gasteiger partial charge is 0.317 e. The summed E-state index contributed by atoms with van der Waals surface area (Å²) in [4.78, 5) is 65.0. The maximum absolute atomic E-state index is 12.5. The molecule has 0 bridgehead atoms. The minimum Gasteiger partial charge on any atom is -0.480 e. The number of hydrogen-bond acceptors (Lipinski definition) is 9. The van der Waals surface area contributed by atoms with E-state index in [0.29, 0.717) is 52.4 Å². The number of amides is 1. The van der Waals surface area contributed by atoms with Gasteiger partial charge in [0.05, 0.1) is 26.2 Å². The summed E-state index contributed by atoms with van der Waals surface area (Å²) in [5.41, 5.74) is 0. The summed E-state index contributed by atoms with van der Waals surface area (Å²) in [5.74, 6) is -3.34. The van der Waals surface area contributed by atoms with E-state index in [0.717, 1.165) is 0 Å². The van der Waals surface area contributed by atoms with Crippen LogP contribution in [0, 0.1) is 5.92 Å². The Labute approximate surface area is 205 Å². The van der Waals surface area contributed by atoms with Gasteiger partial charge in [0, 0.05) is 71.2 Å². The van der Waals surface area contributed by atoms with Gasteiger partial charge in [-0.3, -0.25) is 43.6 Å². The number of carbonyl (C=O) groups is 5. The zero-order valence-corrected chi connectivity index (χ0v) is 20.6. The summed E-state index contributed by atoms with van der Waals surface area (Å²) in [6.45, 7) is 5.86. The first-order valence-electron chi connectivity index (χ1n) is 11.8. The largest absolute Gasteiger partial charge is 0.480 e. The van der Waals surface area contributed by atoms with E-state index in [9.17, 15) is 39.3 Å². The lowest BCUT2D eigenvalue weighted by Crippen LogP contribution is -2.49. The predicted octanol–water partition coefficient (Wildman–Crippen LogP) is -1.81. The van der Waals surface area contributed by atoms with Crippen LogP contribution in [0.15, 0.2) is 0 Å². The SMILES string of the molecule is CC(C)C(=O)CCNC(=O)CN1CCN(CC(=O)O)CCN(CC(=O)O)CCN(CC(=O)O)CC1. The quantitative estimate of drug-likeness (QED) is 0.237. The molecule has 0 radical (unpaired) electrons. The third-order valence-corrected chi connectivity index (χ3v) is 5.71. The number of carbonyl (C=O) groups excluding carboxylic acids is 2. The second-order valence-corrected chi connectivity index (χ2v) is 9.01. The van der Waals surface area contributed by atoms with Crippen molar-refractivity contribution in [3.63, 3.8) is 0 Å². The van der Waals surface area contributed by atoms with Crippen LogP contribution in [0.4, 0.5) is 0 Å². The van der Waals surface area contributed by atoms with Gasteiger partial charge < -0.3 is 20.6 Å². The average molecular weight is 502 g/mol. The van der Waals surface area contributed by atoms with Gasteiger partial charge in [-0.1, -0.05) is 13.8 Å². The molecule has 0 atom stereocenters. The molecule has 1 saturated heterocycles. The minimum atomic E-state index is -1.01. The Kier molecular flexibility index (Phi) is 14.0. The van der Waals surface area contributed by atoms with Crippen molar-refractivity contribution < 1.29 is 39.3 Å². The highest BCUT2D eigenvalue weighted by atomic mass is 16.4. The number of rotatable bonds is 12. The minimum absolute atomic E-state index is 0.0306. The van der Waals surface area contributed by atoms with Crippen LogP contribution in [0.2, 0.25) is 0 Å². The molecule has 0 spiro atoms. The summed E-state index contributed by atoms with van der Waals surface area (Å²) in [6.07, 6.45) is 0.245. The fourth-order valence-corrected chi connectivity index (χ4v) is 3.66. The summed E-state index contributed by atoms with van der Waals surface area (Å²) in [7, 11) is 0. The Hall–Kier alpha value is -2.61. The first-order chi connectivity index (χ1) is 16.5. The molecule has 4 N–H and O–H groups in total. The van der Waals surface area contributed by atoms with Crippen LogP contribution in [0.3, 0.4) is 0 Å². The van der Waals surface area contributed by atoms with Crippen LogP contribution < -0.4 is 5.32 Å². The summed E-state index contributed by atoms with van der Waals surface area (Å²) in [6, 6.07) is 0. The number of aliphatic carboxylic acids is 3. The van der Waals surface area contributed by atoms with Gasteiger partial charge in [-0.25, -0.2) is 0 Å². The number of hydrogen-bond donors (Lipinski definition) is 4. The molecule has 0 aliphatic carbocycles. The Balaban J connectivity index is 2.86. The fourth-order valence-electron chi connectivity index (χ4n) is 3.66. The topological polar surface area (TPSA) is 171 Å². The molecular formula is C22H39N5O8. The number of carboxylic acids is 3. The summed E-state index contributed by atoms with van der Waals surface area (Å²) in [5, 5.41) is 30.4. The van der Waals surface area contributed by atoms with Gasteiger partial charge in [0.2, 0.25) is 5.91 Å². The van der Waals surface area contributed by atoms with Crippen molar-refractivity contribution in [3.8, 4) is 0 Å². The van der Waals surface area contributed by atoms with E-state index in [-0.39, 0.29) is 56.8 Å². The van der Waals surface area contributed by atoms with Crippen LogP contribution in [0.25, 0.3) is 0 Å². The first kappa shape index (κ1) is 30.4. The molecule has 1 aliphatic rings. The third kappa shape index (κ3) is 14.4. The summed E-state index contributed by atoms with van der Waals surface area (Å²) < 4.78 is 0. The monoisotopic (exact) mass is 501 g/mol. The zero-order chi connectivity index (χ0) is 26.4. The molecule has 0 saturated carbocycles. The second kappa shape index (κ2) is 16.1. The van der Waals surface area contributed by atoms with Crippen LogP contribution in [0.5, 0.6) is 0 Å². The van der Waals surface area contributed by atoms with E-state index in [4.69, 9.17) is 0 Å². The molecule has 0 aromatic carbocycles. The number of Topliss-reactive ketones (excluding diaryl/α,β-unsaturated/α-hetero) is 1. The van der Waals surface area contributed by atoms with Gasteiger partial charge in [-0.05, 0) is 0 Å². The molecule has 13 heteroatoms. The lowest BCUT2D eigenvalue weighted by Gasteiger charge is -2.32. The first-order valence-corrected chi connectivity index (χ1v) is 11.8. The fraction of sp³-hybridized carbons (Fsp3) is 0.773. The molecule has 0 aromatic heterocycles. The maximum atomic E-state index is 12.5. The Morgan fingerprint density at radius 1 is 0.629 bits per heavy atom. The zero-order valence-electron chi connectivity index (χ0n) is 20.6. The number of nitrogens with one attached hydrogen (secondary N) is 1. The van der Waals surface area contributed by atoms with Gasteiger partial charge >= 0.3 is 17.9 Å². The van der Waals surface area contributed by atoms with Crippen molar-refractivity contribution in [2.24, 2.45) is 5.92 Å². The van der Waals surface area contributed by atoms with E-state index in [1.807, 2.05) is 4.90 Å². The van der Waals surface area contributed by atoms with Gasteiger partial charge in [-0.2, -0.15) is 0 Å². The van der Waals surface area contributed by atoms with Crippen molar-refractivity contribution in [2.45, 2.75) is 20.3 Å². The van der Waals surface area contributed by atoms with Gasteiger partial charge in [0.25, 0.3) is 0 Å². The average Bonchev–Trinajstić information content (AvgIpc) is 2.74. The Morgan fingerprint density at radius 3 is 1.23 bits per heavy atom. The standard InChI is InChI=1S/C22H39N5O8/c1-17(2)18(28)3-4-23-19(29)13-24-5-7-25(14-20(30)31)9-11-27(16-22(34)35)12-10-26(8-6-24)15-21(32)33/h17H,3-16H2,1-2H3,(H,23,29)(H,30,31)(H,32,33)(H,34,35).